The van der Waals surface area contributed by atoms with E-state index >= 15 is 0 Å². The van der Waals surface area contributed by atoms with Crippen LogP contribution in [0.1, 0.15) is 28.3 Å². The van der Waals surface area contributed by atoms with Crippen LogP contribution in [0.2, 0.25) is 0 Å². The molecule has 4 nitrogen and oxygen atoms in total. The summed E-state index contributed by atoms with van der Waals surface area (Å²) in [4.78, 5) is 2.93. The maximum absolute atomic E-state index is 12.0. The van der Waals surface area contributed by atoms with Crippen molar-refractivity contribution in [2.24, 2.45) is 0 Å². The predicted molar refractivity (Wildman–Crippen MR) is 91.6 cm³/mol. The quantitative estimate of drug-likeness (QED) is 0.880. The normalized spacial score (nSPS) is 13.5. The van der Waals surface area contributed by atoms with Crippen LogP contribution >= 0.6 is 11.3 Å². The lowest BCUT2D eigenvalue weighted by molar-refractivity contribution is 0.520. The number of hydrogen-bond acceptors (Lipinski definition) is 4. The summed E-state index contributed by atoms with van der Waals surface area (Å²) in [5, 5.41) is 3.46. The van der Waals surface area contributed by atoms with Crippen molar-refractivity contribution in [3.05, 3.63) is 51.7 Å². The molecule has 1 N–H and O–H groups in total. The molecule has 2 rings (SSSR count). The molecule has 22 heavy (non-hydrogen) atoms. The Hall–Kier alpha value is -1.21. The Morgan fingerprint density at radius 3 is 2.27 bits per heavy atom. The molecular formula is C16H22N2O2S2. The van der Waals surface area contributed by atoms with Crippen molar-refractivity contribution in [2.45, 2.75) is 31.3 Å². The minimum Gasteiger partial charge on any atom is -0.305 e. The van der Waals surface area contributed by atoms with Crippen molar-refractivity contribution in [3.63, 3.8) is 0 Å². The zero-order chi connectivity index (χ0) is 16.3. The van der Waals surface area contributed by atoms with Gasteiger partial charge in [-0.15, -0.1) is 11.3 Å². The molecule has 1 aromatic carbocycles. The van der Waals surface area contributed by atoms with Crippen LogP contribution in [0.4, 0.5) is 0 Å². The highest BCUT2D eigenvalue weighted by molar-refractivity contribution is 7.89. The third kappa shape index (κ3) is 3.95. The molecule has 2 aromatic rings. The summed E-state index contributed by atoms with van der Waals surface area (Å²) in [7, 11) is -0.281. The van der Waals surface area contributed by atoms with Gasteiger partial charge in [0.25, 0.3) is 0 Å². The van der Waals surface area contributed by atoms with Crippen molar-refractivity contribution < 1.29 is 8.42 Å². The fourth-order valence-electron chi connectivity index (χ4n) is 2.09. The average molecular weight is 338 g/mol. The molecule has 0 amide bonds. The highest BCUT2D eigenvalue weighted by Gasteiger charge is 2.17. The third-order valence-electron chi connectivity index (χ3n) is 3.54. The van der Waals surface area contributed by atoms with Gasteiger partial charge in [-0.25, -0.2) is 12.7 Å². The minimum atomic E-state index is -3.36. The van der Waals surface area contributed by atoms with Crippen molar-refractivity contribution in [3.8, 4) is 0 Å². The van der Waals surface area contributed by atoms with E-state index in [-0.39, 0.29) is 6.04 Å². The Labute approximate surface area is 136 Å². The maximum atomic E-state index is 12.0. The molecule has 1 unspecified atom stereocenters. The molecule has 1 heterocycles. The summed E-state index contributed by atoms with van der Waals surface area (Å²) >= 11 is 1.79. The van der Waals surface area contributed by atoms with E-state index in [1.807, 2.05) is 12.1 Å². The van der Waals surface area contributed by atoms with Crippen molar-refractivity contribution in [2.75, 3.05) is 14.1 Å². The van der Waals surface area contributed by atoms with E-state index in [1.54, 1.807) is 23.5 Å². The summed E-state index contributed by atoms with van der Waals surface area (Å²) in [5.74, 6) is 0. The van der Waals surface area contributed by atoms with E-state index in [0.717, 1.165) is 12.1 Å². The van der Waals surface area contributed by atoms with Crippen LogP contribution in [0, 0.1) is 6.92 Å². The number of nitrogens with one attached hydrogen (secondary N) is 1. The van der Waals surface area contributed by atoms with Gasteiger partial charge in [-0.1, -0.05) is 12.1 Å². The predicted octanol–water partition coefficient (Wildman–Crippen LogP) is 3.16. The van der Waals surface area contributed by atoms with Gasteiger partial charge in [0.05, 0.1) is 4.90 Å². The highest BCUT2D eigenvalue weighted by atomic mass is 32.2. The number of benzene rings is 1. The SMILES string of the molecule is Cc1ccc(CNC(C)c2ccc(S(=O)(=O)N(C)C)cc2)s1. The highest BCUT2D eigenvalue weighted by Crippen LogP contribution is 2.20. The lowest BCUT2D eigenvalue weighted by Crippen LogP contribution is -2.22. The molecule has 1 aromatic heterocycles. The summed E-state index contributed by atoms with van der Waals surface area (Å²) < 4.78 is 25.3. The van der Waals surface area contributed by atoms with Crippen LogP contribution in [0.15, 0.2) is 41.3 Å². The topological polar surface area (TPSA) is 49.4 Å². The third-order valence-corrected chi connectivity index (χ3v) is 6.37. The Kier molecular flexibility index (Phi) is 5.39. The lowest BCUT2D eigenvalue weighted by atomic mass is 10.1. The van der Waals surface area contributed by atoms with E-state index in [9.17, 15) is 8.42 Å². The molecule has 0 saturated carbocycles. The first-order valence-electron chi connectivity index (χ1n) is 7.12. The first-order chi connectivity index (χ1) is 10.3. The lowest BCUT2D eigenvalue weighted by Gasteiger charge is -2.15. The molecule has 0 bridgehead atoms. The monoisotopic (exact) mass is 338 g/mol. The van der Waals surface area contributed by atoms with Crippen molar-refractivity contribution >= 4 is 21.4 Å². The second-order valence-corrected chi connectivity index (χ2v) is 9.00. The maximum Gasteiger partial charge on any atom is 0.242 e. The summed E-state index contributed by atoms with van der Waals surface area (Å²) in [6.45, 7) is 4.99. The van der Waals surface area contributed by atoms with Gasteiger partial charge >= 0.3 is 0 Å². The molecule has 120 valence electrons. The molecule has 0 aliphatic rings. The van der Waals surface area contributed by atoms with Gasteiger partial charge in [-0.2, -0.15) is 0 Å². The van der Waals surface area contributed by atoms with Gasteiger partial charge in [0, 0.05) is 36.4 Å². The molecule has 1 atom stereocenters. The fraction of sp³-hybridized carbons (Fsp3) is 0.375. The summed E-state index contributed by atoms with van der Waals surface area (Å²) in [5.41, 5.74) is 1.07. The first kappa shape index (κ1) is 17.1. The second kappa shape index (κ2) is 6.91. The first-order valence-corrected chi connectivity index (χ1v) is 9.37. The van der Waals surface area contributed by atoms with Gasteiger partial charge in [0.2, 0.25) is 10.0 Å². The van der Waals surface area contributed by atoms with Gasteiger partial charge in [0.1, 0.15) is 0 Å². The molecule has 0 fully saturated rings. The number of thiophene rings is 1. The number of rotatable bonds is 6. The summed E-state index contributed by atoms with van der Waals surface area (Å²) in [6.07, 6.45) is 0. The summed E-state index contributed by atoms with van der Waals surface area (Å²) in [6, 6.07) is 11.5. The zero-order valence-electron chi connectivity index (χ0n) is 13.3. The standard InChI is InChI=1S/C16H22N2O2S2/c1-12-5-8-15(21-12)11-17-13(2)14-6-9-16(10-7-14)22(19,20)18(3)4/h5-10,13,17H,11H2,1-4H3. The number of aryl methyl sites for hydroxylation is 1. The molecule has 0 radical (unpaired) electrons. The van der Waals surface area contributed by atoms with Crippen LogP contribution in [0.25, 0.3) is 0 Å². The molecule has 0 aliphatic heterocycles. The van der Waals surface area contributed by atoms with Gasteiger partial charge < -0.3 is 5.32 Å². The molecule has 6 heteroatoms. The molecule has 0 aliphatic carbocycles. The minimum absolute atomic E-state index is 0.165. The van der Waals surface area contributed by atoms with E-state index in [2.05, 4.69) is 31.3 Å². The Morgan fingerprint density at radius 2 is 1.77 bits per heavy atom. The molecule has 0 saturated heterocycles. The largest absolute Gasteiger partial charge is 0.305 e. The van der Waals surface area contributed by atoms with Crippen LogP contribution in [-0.2, 0) is 16.6 Å². The van der Waals surface area contributed by atoms with Crippen LogP contribution in [-0.4, -0.2) is 26.8 Å². The zero-order valence-corrected chi connectivity index (χ0v) is 15.0. The Morgan fingerprint density at radius 1 is 1.14 bits per heavy atom. The van der Waals surface area contributed by atoms with Gasteiger partial charge in [-0.05, 0) is 43.7 Å². The van der Waals surface area contributed by atoms with Crippen molar-refractivity contribution in [1.29, 1.82) is 0 Å². The Balaban J connectivity index is 2.03. The van der Waals surface area contributed by atoms with Crippen LogP contribution < -0.4 is 5.32 Å². The van der Waals surface area contributed by atoms with Gasteiger partial charge in [0.15, 0.2) is 0 Å². The second-order valence-electron chi connectivity index (χ2n) is 5.47. The number of hydrogen-bond donors (Lipinski definition) is 1. The van der Waals surface area contributed by atoms with Crippen LogP contribution in [0.3, 0.4) is 0 Å². The van der Waals surface area contributed by atoms with Crippen molar-refractivity contribution in [1.82, 2.24) is 9.62 Å². The average Bonchev–Trinajstić information content (AvgIpc) is 2.90. The van der Waals surface area contributed by atoms with Crippen LogP contribution in [0.5, 0.6) is 0 Å². The Bertz CT molecular complexity index is 719. The molecular weight excluding hydrogens is 316 g/mol. The smallest absolute Gasteiger partial charge is 0.242 e. The number of sulfonamides is 1. The van der Waals surface area contributed by atoms with E-state index < -0.39 is 10.0 Å². The molecule has 0 spiro atoms. The number of nitrogens with zero attached hydrogens (tertiary/aromatic N) is 1. The van der Waals surface area contributed by atoms with E-state index in [1.165, 1.54) is 28.2 Å². The van der Waals surface area contributed by atoms with E-state index in [0.29, 0.717) is 4.90 Å². The van der Waals surface area contributed by atoms with E-state index in [4.69, 9.17) is 0 Å². The fourth-order valence-corrected chi connectivity index (χ4v) is 3.83. The van der Waals surface area contributed by atoms with Gasteiger partial charge in [-0.3, -0.25) is 0 Å².